The van der Waals surface area contributed by atoms with Gasteiger partial charge in [0, 0.05) is 12.6 Å². The van der Waals surface area contributed by atoms with Crippen molar-refractivity contribution in [2.45, 2.75) is 57.3 Å². The van der Waals surface area contributed by atoms with Crippen LogP contribution in [0, 0.1) is 0 Å². The third-order valence-corrected chi connectivity index (χ3v) is 6.41. The van der Waals surface area contributed by atoms with Gasteiger partial charge in [-0.2, -0.15) is 5.10 Å². The Balaban J connectivity index is 1.48. The molecule has 2 aromatic rings. The van der Waals surface area contributed by atoms with Crippen molar-refractivity contribution in [2.24, 2.45) is 10.8 Å². The lowest BCUT2D eigenvalue weighted by Crippen LogP contribution is -2.55. The first-order valence-electron chi connectivity index (χ1n) is 12.2. The van der Waals surface area contributed by atoms with E-state index >= 15 is 0 Å². The number of primary amides is 1. The molecule has 2 heterocycles. The van der Waals surface area contributed by atoms with Crippen molar-refractivity contribution in [3.8, 4) is 0 Å². The summed E-state index contributed by atoms with van der Waals surface area (Å²) in [5.41, 5.74) is 10.5. The van der Waals surface area contributed by atoms with Gasteiger partial charge < -0.3 is 21.1 Å². The first-order chi connectivity index (χ1) is 17.9. The number of nitrogens with two attached hydrogens (primary N) is 1. The number of urea groups is 1. The lowest BCUT2D eigenvalue weighted by molar-refractivity contribution is -0.127. The molecule has 0 aromatic heterocycles. The quantitative estimate of drug-likeness (QED) is 0.317. The van der Waals surface area contributed by atoms with Crippen LogP contribution >= 0.6 is 0 Å². The van der Waals surface area contributed by atoms with Gasteiger partial charge in [-0.15, -0.1) is 0 Å². The maximum atomic E-state index is 13.7. The summed E-state index contributed by atoms with van der Waals surface area (Å²) in [6.07, 6.45) is 2.48. The van der Waals surface area contributed by atoms with Crippen LogP contribution in [0.5, 0.6) is 0 Å². The molecule has 0 saturated carbocycles. The Labute approximate surface area is 214 Å². The molecule has 4 rings (SSSR count). The molecule has 2 aromatic carbocycles. The average Bonchev–Trinajstić information content (AvgIpc) is 3.23. The van der Waals surface area contributed by atoms with Crippen molar-refractivity contribution in [2.75, 3.05) is 4.90 Å². The van der Waals surface area contributed by atoms with Gasteiger partial charge in [-0.3, -0.25) is 14.5 Å². The highest BCUT2D eigenvalue weighted by molar-refractivity contribution is 6.07. The Morgan fingerprint density at radius 1 is 1.16 bits per heavy atom. The number of nitrogens with one attached hydrogen (secondary N) is 3. The molecule has 11 heteroatoms. The fourth-order valence-electron chi connectivity index (χ4n) is 4.60. The zero-order valence-corrected chi connectivity index (χ0v) is 20.5. The molecule has 11 nitrogen and oxygen atoms in total. The molecule has 5 N–H and O–H groups in total. The summed E-state index contributed by atoms with van der Waals surface area (Å²) in [6, 6.07) is 12.1. The number of para-hydroxylation sites is 1. The third kappa shape index (κ3) is 6.05. The van der Waals surface area contributed by atoms with Gasteiger partial charge in [0.15, 0.2) is 0 Å². The van der Waals surface area contributed by atoms with Crippen LogP contribution in [0.1, 0.15) is 36.5 Å². The zero-order valence-electron chi connectivity index (χ0n) is 20.5. The number of hydrogen-bond donors (Lipinski definition) is 4. The highest BCUT2D eigenvalue weighted by Crippen LogP contribution is 2.39. The van der Waals surface area contributed by atoms with Gasteiger partial charge in [-0.25, -0.2) is 15.0 Å². The number of anilines is 1. The normalized spacial score (nSPS) is 19.1. The van der Waals surface area contributed by atoms with E-state index in [0.717, 1.165) is 22.4 Å². The van der Waals surface area contributed by atoms with Crippen LogP contribution in [-0.4, -0.2) is 48.3 Å². The van der Waals surface area contributed by atoms with E-state index in [2.05, 4.69) is 21.2 Å². The maximum absolute atomic E-state index is 13.7. The number of nitrogens with zero attached hydrogens (tertiary/aromatic N) is 2. The second-order valence-electron chi connectivity index (χ2n) is 8.93. The van der Waals surface area contributed by atoms with Gasteiger partial charge in [0.25, 0.3) is 0 Å². The molecule has 0 saturated heterocycles. The molecular weight excluding hydrogens is 476 g/mol. The topological polar surface area (TPSA) is 155 Å². The molecule has 0 fully saturated rings. The van der Waals surface area contributed by atoms with E-state index in [-0.39, 0.29) is 18.4 Å². The molecule has 0 bridgehead atoms. The minimum absolute atomic E-state index is 0.0806. The summed E-state index contributed by atoms with van der Waals surface area (Å²) in [4.78, 5) is 51.9. The minimum atomic E-state index is -0.847. The summed E-state index contributed by atoms with van der Waals surface area (Å²) < 4.78 is 5.32. The summed E-state index contributed by atoms with van der Waals surface area (Å²) in [6.45, 7) is 1.93. The van der Waals surface area contributed by atoms with Crippen LogP contribution in [-0.2, 0) is 33.8 Å². The van der Waals surface area contributed by atoms with Crippen molar-refractivity contribution in [1.82, 2.24) is 16.1 Å². The predicted molar refractivity (Wildman–Crippen MR) is 137 cm³/mol. The second kappa shape index (κ2) is 11.5. The monoisotopic (exact) mass is 506 g/mol. The highest BCUT2D eigenvalue weighted by Gasteiger charge is 2.44. The van der Waals surface area contributed by atoms with Gasteiger partial charge in [0.1, 0.15) is 18.7 Å². The first-order valence-corrected chi connectivity index (χ1v) is 12.2. The fraction of sp³-hybridized carbons (Fsp3) is 0.346. The number of alkyl carbamates (subject to hydrolysis) is 1. The zero-order chi connectivity index (χ0) is 26.4. The maximum Gasteiger partial charge on any atom is 0.408 e. The number of benzene rings is 2. The van der Waals surface area contributed by atoms with Crippen LogP contribution in [0.2, 0.25) is 0 Å². The summed E-state index contributed by atoms with van der Waals surface area (Å²) in [5, 5.41) is 9.30. The number of hydrazone groups is 1. The van der Waals surface area contributed by atoms with Crippen LogP contribution in [0.4, 0.5) is 15.3 Å². The van der Waals surface area contributed by atoms with Crippen LogP contribution in [0.15, 0.2) is 53.6 Å². The average molecular weight is 507 g/mol. The molecule has 0 radical (unpaired) electrons. The molecule has 0 aliphatic carbocycles. The predicted octanol–water partition coefficient (Wildman–Crippen LogP) is 1.73. The summed E-state index contributed by atoms with van der Waals surface area (Å²) in [7, 11) is 0. The summed E-state index contributed by atoms with van der Waals surface area (Å²) >= 11 is 0. The van der Waals surface area contributed by atoms with Crippen molar-refractivity contribution >= 4 is 35.8 Å². The molecule has 2 aliphatic rings. The molecule has 5 amide bonds. The molecule has 37 heavy (non-hydrogen) atoms. The number of ether oxygens (including phenoxy) is 1. The Morgan fingerprint density at radius 3 is 2.65 bits per heavy atom. The Hall–Kier alpha value is -4.41. The van der Waals surface area contributed by atoms with E-state index in [0.29, 0.717) is 25.7 Å². The van der Waals surface area contributed by atoms with Gasteiger partial charge in [0.2, 0.25) is 11.8 Å². The Morgan fingerprint density at radius 2 is 1.92 bits per heavy atom. The van der Waals surface area contributed by atoms with Crippen molar-refractivity contribution in [3.05, 3.63) is 65.2 Å². The van der Waals surface area contributed by atoms with E-state index in [1.165, 1.54) is 11.1 Å². The summed E-state index contributed by atoms with van der Waals surface area (Å²) in [5.74, 6) is -0.724. The van der Waals surface area contributed by atoms with Crippen molar-refractivity contribution < 1.29 is 23.9 Å². The number of hydrogen-bond acceptors (Lipinski definition) is 6. The van der Waals surface area contributed by atoms with Crippen LogP contribution in [0.3, 0.4) is 0 Å². The van der Waals surface area contributed by atoms with E-state index < -0.39 is 30.2 Å². The molecule has 194 valence electrons. The Kier molecular flexibility index (Phi) is 8.02. The smallest absolute Gasteiger partial charge is 0.408 e. The molecule has 0 unspecified atom stereocenters. The highest BCUT2D eigenvalue weighted by atomic mass is 16.5. The van der Waals surface area contributed by atoms with Crippen molar-refractivity contribution in [1.29, 1.82) is 0 Å². The first kappa shape index (κ1) is 25.7. The number of rotatable bonds is 8. The largest absolute Gasteiger partial charge is 0.445 e. The molecular formula is C26H30N6O5. The van der Waals surface area contributed by atoms with E-state index in [4.69, 9.17) is 10.5 Å². The van der Waals surface area contributed by atoms with Crippen LogP contribution < -0.4 is 26.7 Å². The van der Waals surface area contributed by atoms with E-state index in [9.17, 15) is 19.2 Å². The van der Waals surface area contributed by atoms with Crippen LogP contribution in [0.25, 0.3) is 0 Å². The van der Waals surface area contributed by atoms with Gasteiger partial charge in [-0.1, -0.05) is 55.5 Å². The van der Waals surface area contributed by atoms with E-state index in [1.54, 1.807) is 0 Å². The number of amides is 5. The lowest BCUT2D eigenvalue weighted by Gasteiger charge is -2.28. The van der Waals surface area contributed by atoms with Gasteiger partial charge in [-0.05, 0) is 36.0 Å². The van der Waals surface area contributed by atoms with Gasteiger partial charge in [0.05, 0.1) is 11.7 Å². The molecule has 0 spiro atoms. The Bertz CT molecular complexity index is 1200. The number of carbonyl (C=O) groups is 4. The SMILES string of the molecule is CC[C@@H](/C=N\NC(N)=O)NC(=O)[C@@H]1Cc2cccc3c2N1C(=O)[C@@H](NC(=O)OCc1ccccc1)CC3. The third-order valence-electron chi connectivity index (χ3n) is 6.41. The van der Waals surface area contributed by atoms with Crippen molar-refractivity contribution in [3.63, 3.8) is 0 Å². The fourth-order valence-corrected chi connectivity index (χ4v) is 4.60. The number of carbonyl (C=O) groups excluding carboxylic acids is 4. The minimum Gasteiger partial charge on any atom is -0.445 e. The van der Waals surface area contributed by atoms with Gasteiger partial charge >= 0.3 is 12.1 Å². The number of aryl methyl sites for hydroxylation is 1. The second-order valence-corrected chi connectivity index (χ2v) is 8.93. The standard InChI is InChI=1S/C26H30N6O5/c1-2-19(14-28-31-25(27)35)29-23(33)21-13-18-10-6-9-17-11-12-20(24(34)32(21)22(17)18)30-26(36)37-15-16-7-4-3-5-8-16/h3-10,14,19-21H,2,11-13,15H2,1H3,(H,29,33)(H,30,36)(H3,27,31,35)/b28-14-/t19-,20-,21-/m0/s1. The lowest BCUT2D eigenvalue weighted by atomic mass is 10.0. The van der Waals surface area contributed by atoms with E-state index in [1.807, 2.05) is 55.5 Å². The molecule has 2 aliphatic heterocycles. The molecule has 3 atom stereocenters.